The van der Waals surface area contributed by atoms with Gasteiger partial charge in [0.25, 0.3) is 0 Å². The summed E-state index contributed by atoms with van der Waals surface area (Å²) in [5.41, 5.74) is 9.20. The average Bonchev–Trinajstić information content (AvgIpc) is 3.54. The van der Waals surface area contributed by atoms with Crippen molar-refractivity contribution >= 4 is 30.1 Å². The van der Waals surface area contributed by atoms with Crippen LogP contribution in [-0.2, 0) is 15.9 Å². The van der Waals surface area contributed by atoms with E-state index in [1.54, 1.807) is 13.3 Å². The van der Waals surface area contributed by atoms with Gasteiger partial charge in [-0.15, -0.1) is 0 Å². The quantitative estimate of drug-likeness (QED) is 0.163. The molecule has 2 aromatic rings. The molecule has 0 aromatic carbocycles. The number of likely N-dealkylation sites (tertiary alicyclic amines) is 1. The van der Waals surface area contributed by atoms with Gasteiger partial charge in [-0.2, -0.15) is 0 Å². The Bertz CT molecular complexity index is 1330. The molecule has 2 N–H and O–H groups in total. The van der Waals surface area contributed by atoms with Crippen LogP contribution in [0.2, 0.25) is 0 Å². The maximum Gasteiger partial charge on any atom is 0.175 e. The molecular formula is C30H39N7O3S. The predicted octanol–water partition coefficient (Wildman–Crippen LogP) is 4.03. The molecule has 3 atom stereocenters. The molecule has 6 rings (SSSR count). The third-order valence-corrected chi connectivity index (χ3v) is 9.97. The van der Waals surface area contributed by atoms with E-state index in [0.717, 1.165) is 67.6 Å². The Morgan fingerprint density at radius 1 is 1.29 bits per heavy atom. The number of nitrogens with two attached hydrogens (primary N) is 1. The standard InChI is InChI=1S/C30H39N7O3S/c1-20(36-11-7-30(8-12-36)14-24-23(28(30)31)5-4-9-33-24)35-15-26(32-2)41-25-6-10-34-29-27(25)40-18-22-13-21(16-37(22)29)17-39-19-38-3/h4-6,9-10,15,21-22,28H,2,7-8,11-14,16-19,31H2,1,3H3/b26-15+,35-20+/t21-,22?,28+/m0/s1. The van der Waals surface area contributed by atoms with Crippen molar-refractivity contribution in [3.63, 3.8) is 0 Å². The lowest BCUT2D eigenvalue weighted by Crippen LogP contribution is -2.45. The van der Waals surface area contributed by atoms with Crippen molar-refractivity contribution in [2.24, 2.45) is 27.1 Å². The number of amidine groups is 1. The van der Waals surface area contributed by atoms with Crippen LogP contribution in [0, 0.1) is 11.3 Å². The molecule has 41 heavy (non-hydrogen) atoms. The summed E-state index contributed by atoms with van der Waals surface area (Å²) in [5, 5.41) is 0.712. The van der Waals surface area contributed by atoms with Crippen LogP contribution in [0.4, 0.5) is 5.82 Å². The molecule has 0 saturated carbocycles. The van der Waals surface area contributed by atoms with Gasteiger partial charge < -0.3 is 29.7 Å². The molecule has 0 bridgehead atoms. The van der Waals surface area contributed by atoms with Crippen molar-refractivity contribution in [1.29, 1.82) is 0 Å². The zero-order valence-electron chi connectivity index (χ0n) is 23.9. The van der Waals surface area contributed by atoms with Crippen LogP contribution in [0.1, 0.15) is 43.5 Å². The molecule has 0 radical (unpaired) electrons. The molecule has 11 heteroatoms. The fraction of sp³-hybridized carbons (Fsp3) is 0.533. The van der Waals surface area contributed by atoms with Crippen LogP contribution in [0.15, 0.2) is 56.7 Å². The van der Waals surface area contributed by atoms with Crippen LogP contribution in [-0.4, -0.2) is 80.2 Å². The average molecular weight is 578 g/mol. The number of fused-ring (bicyclic) bond motifs is 4. The number of rotatable bonds is 8. The molecule has 0 amide bonds. The van der Waals surface area contributed by atoms with Crippen LogP contribution in [0.5, 0.6) is 5.75 Å². The summed E-state index contributed by atoms with van der Waals surface area (Å²) in [5.74, 6) is 3.07. The van der Waals surface area contributed by atoms with E-state index in [-0.39, 0.29) is 11.5 Å². The Hall–Kier alpha value is -2.99. The van der Waals surface area contributed by atoms with Gasteiger partial charge >= 0.3 is 0 Å². The third-order valence-electron chi connectivity index (χ3n) is 8.99. The zero-order valence-corrected chi connectivity index (χ0v) is 24.7. The molecule has 1 aliphatic carbocycles. The van der Waals surface area contributed by atoms with E-state index < -0.39 is 0 Å². The number of aromatic nitrogens is 2. The Morgan fingerprint density at radius 2 is 2.15 bits per heavy atom. The molecule has 2 aromatic heterocycles. The highest BCUT2D eigenvalue weighted by atomic mass is 32.2. The summed E-state index contributed by atoms with van der Waals surface area (Å²) in [7, 11) is 1.64. The monoisotopic (exact) mass is 577 g/mol. The second-order valence-corrected chi connectivity index (χ2v) is 12.5. The Labute approximate surface area is 246 Å². The molecule has 2 fully saturated rings. The van der Waals surface area contributed by atoms with Crippen molar-refractivity contribution in [1.82, 2.24) is 14.9 Å². The molecule has 1 spiro atoms. The van der Waals surface area contributed by atoms with E-state index in [1.807, 2.05) is 24.5 Å². The maximum absolute atomic E-state index is 6.73. The fourth-order valence-corrected chi connectivity index (χ4v) is 7.50. The fourth-order valence-electron chi connectivity index (χ4n) is 6.73. The lowest BCUT2D eigenvalue weighted by molar-refractivity contribution is -0.0414. The van der Waals surface area contributed by atoms with E-state index >= 15 is 0 Å². The summed E-state index contributed by atoms with van der Waals surface area (Å²) >= 11 is 1.50. The van der Waals surface area contributed by atoms with Crippen molar-refractivity contribution in [2.45, 2.75) is 49.6 Å². The van der Waals surface area contributed by atoms with E-state index in [4.69, 9.17) is 24.9 Å². The lowest BCUT2D eigenvalue weighted by atomic mass is 9.73. The number of pyridine rings is 2. The molecule has 5 heterocycles. The van der Waals surface area contributed by atoms with E-state index in [0.29, 0.717) is 37.0 Å². The number of hydrogen-bond donors (Lipinski definition) is 1. The highest BCUT2D eigenvalue weighted by molar-refractivity contribution is 8.03. The third kappa shape index (κ3) is 5.60. The smallest absolute Gasteiger partial charge is 0.175 e. The van der Waals surface area contributed by atoms with Gasteiger partial charge in [0, 0.05) is 56.8 Å². The summed E-state index contributed by atoms with van der Waals surface area (Å²) < 4.78 is 16.9. The first-order chi connectivity index (χ1) is 20.0. The Morgan fingerprint density at radius 3 is 2.93 bits per heavy atom. The van der Waals surface area contributed by atoms with Crippen LogP contribution < -0.4 is 15.4 Å². The zero-order chi connectivity index (χ0) is 28.4. The summed E-state index contributed by atoms with van der Waals surface area (Å²) in [6.45, 7) is 10.2. The Kier molecular flexibility index (Phi) is 8.30. The number of aliphatic imine (C=N–C) groups is 2. The minimum Gasteiger partial charge on any atom is -0.486 e. The second kappa shape index (κ2) is 12.1. The number of methoxy groups -OCH3 is 1. The first kappa shape index (κ1) is 28.1. The number of nitrogens with zero attached hydrogens (tertiary/aromatic N) is 6. The largest absolute Gasteiger partial charge is 0.486 e. The van der Waals surface area contributed by atoms with Gasteiger partial charge in [-0.3, -0.25) is 9.98 Å². The van der Waals surface area contributed by atoms with Gasteiger partial charge in [-0.1, -0.05) is 17.8 Å². The molecule has 10 nitrogen and oxygen atoms in total. The molecule has 218 valence electrons. The van der Waals surface area contributed by atoms with Crippen LogP contribution >= 0.6 is 11.8 Å². The molecule has 4 aliphatic rings. The summed E-state index contributed by atoms with van der Waals surface area (Å²) in [6.07, 6.45) is 9.55. The van der Waals surface area contributed by atoms with Crippen molar-refractivity contribution in [2.75, 3.05) is 51.7 Å². The van der Waals surface area contributed by atoms with Crippen LogP contribution in [0.3, 0.4) is 0 Å². The summed E-state index contributed by atoms with van der Waals surface area (Å²) in [6, 6.07) is 6.46. The minimum absolute atomic E-state index is 0.0534. The van der Waals surface area contributed by atoms with Crippen LogP contribution in [0.25, 0.3) is 0 Å². The number of thioether (sulfide) groups is 1. The predicted molar refractivity (Wildman–Crippen MR) is 162 cm³/mol. The molecule has 3 aliphatic heterocycles. The number of piperidine rings is 1. The van der Waals surface area contributed by atoms with Gasteiger partial charge in [0.1, 0.15) is 24.3 Å². The Balaban J connectivity index is 1.09. The first-order valence-electron chi connectivity index (χ1n) is 14.3. The highest BCUT2D eigenvalue weighted by Gasteiger charge is 2.46. The van der Waals surface area contributed by atoms with E-state index in [2.05, 4.69) is 44.5 Å². The van der Waals surface area contributed by atoms with E-state index in [9.17, 15) is 0 Å². The topological polar surface area (TPSA) is 111 Å². The van der Waals surface area contributed by atoms with Gasteiger partial charge in [-0.05, 0) is 62.4 Å². The number of anilines is 1. The summed E-state index contributed by atoms with van der Waals surface area (Å²) in [4.78, 5) is 24.0. The molecule has 1 unspecified atom stereocenters. The van der Waals surface area contributed by atoms with E-state index in [1.165, 1.54) is 23.0 Å². The van der Waals surface area contributed by atoms with Gasteiger partial charge in [-0.25, -0.2) is 9.98 Å². The van der Waals surface area contributed by atoms with Crippen molar-refractivity contribution < 1.29 is 14.2 Å². The molecule has 2 saturated heterocycles. The first-order valence-corrected chi connectivity index (χ1v) is 15.1. The van der Waals surface area contributed by atoms with Crippen molar-refractivity contribution in [3.05, 3.63) is 53.1 Å². The minimum atomic E-state index is 0.0534. The van der Waals surface area contributed by atoms with Crippen molar-refractivity contribution in [3.8, 4) is 5.75 Å². The lowest BCUT2D eigenvalue weighted by Gasteiger charge is -2.42. The normalized spacial score (nSPS) is 25.1. The van der Waals surface area contributed by atoms with Gasteiger partial charge in [0.2, 0.25) is 0 Å². The second-order valence-electron chi connectivity index (χ2n) is 11.4. The van der Waals surface area contributed by atoms with Gasteiger partial charge in [0.15, 0.2) is 11.6 Å². The number of ether oxygens (including phenoxy) is 3. The molecular weight excluding hydrogens is 538 g/mol. The maximum atomic E-state index is 6.73. The SMILES string of the molecule is C=N/C(=C\N=C(/C)N1CCC2(CC1)Cc1ncccc1[C@H]2N)Sc1ccnc2c1OCC1C[C@H](COCOC)CN21. The number of hydrogen-bond acceptors (Lipinski definition) is 10. The van der Waals surface area contributed by atoms with Gasteiger partial charge in [0.05, 0.1) is 23.7 Å². The highest BCUT2D eigenvalue weighted by Crippen LogP contribution is 2.50.